The Morgan fingerprint density at radius 3 is 2.90 bits per heavy atom. The molecular formula is C15H16ClN3O. The fraction of sp³-hybridized carbons (Fsp3) is 0.400. The second-order valence-corrected chi connectivity index (χ2v) is 5.52. The lowest BCUT2D eigenvalue weighted by molar-refractivity contribution is 0.282. The lowest BCUT2D eigenvalue weighted by Gasteiger charge is -2.09. The van der Waals surface area contributed by atoms with Gasteiger partial charge in [0.2, 0.25) is 5.88 Å². The third-order valence-corrected chi connectivity index (χ3v) is 3.95. The van der Waals surface area contributed by atoms with Crippen molar-refractivity contribution in [2.75, 3.05) is 6.61 Å². The Morgan fingerprint density at radius 1 is 1.30 bits per heavy atom. The summed E-state index contributed by atoms with van der Waals surface area (Å²) in [6.45, 7) is 4.33. The van der Waals surface area contributed by atoms with Crippen molar-refractivity contribution < 1.29 is 4.74 Å². The highest BCUT2D eigenvalue weighted by Crippen LogP contribution is 2.46. The van der Waals surface area contributed by atoms with Gasteiger partial charge in [-0.3, -0.25) is 4.98 Å². The summed E-state index contributed by atoms with van der Waals surface area (Å²) < 4.78 is 5.81. The molecule has 1 aliphatic rings. The lowest BCUT2D eigenvalue weighted by Crippen LogP contribution is -2.06. The summed E-state index contributed by atoms with van der Waals surface area (Å²) in [5.74, 6) is 2.25. The average Bonchev–Trinajstić information content (AvgIpc) is 3.22. The topological polar surface area (TPSA) is 47.9 Å². The highest BCUT2D eigenvalue weighted by Gasteiger charge is 2.40. The second-order valence-electron chi connectivity index (χ2n) is 5.16. The minimum atomic E-state index is 0.463. The molecule has 3 rings (SSSR count). The second kappa shape index (κ2) is 5.37. The van der Waals surface area contributed by atoms with Crippen molar-refractivity contribution in [1.29, 1.82) is 0 Å². The van der Waals surface area contributed by atoms with Gasteiger partial charge in [-0.1, -0.05) is 17.7 Å². The standard InChI is InChI=1S/C15H16ClN3O/c1-9-14(16)18-10(2)19-15(9)20-8-11-7-12(11)13-5-3-4-6-17-13/h3-6,11-12H,7-8H2,1-2H3/t11-,12+/m1/s1. The van der Waals surface area contributed by atoms with Crippen LogP contribution in [-0.4, -0.2) is 21.6 Å². The number of pyridine rings is 1. The summed E-state index contributed by atoms with van der Waals surface area (Å²) in [4.78, 5) is 12.8. The van der Waals surface area contributed by atoms with E-state index < -0.39 is 0 Å². The fourth-order valence-corrected chi connectivity index (χ4v) is 2.49. The van der Waals surface area contributed by atoms with Gasteiger partial charge in [0, 0.05) is 29.3 Å². The lowest BCUT2D eigenvalue weighted by atomic mass is 10.2. The minimum Gasteiger partial charge on any atom is -0.477 e. The van der Waals surface area contributed by atoms with Crippen molar-refractivity contribution in [3.63, 3.8) is 0 Å². The van der Waals surface area contributed by atoms with Crippen LogP contribution in [0, 0.1) is 19.8 Å². The molecule has 0 unspecified atom stereocenters. The van der Waals surface area contributed by atoms with E-state index in [0.717, 1.165) is 17.7 Å². The molecule has 0 amide bonds. The molecule has 0 bridgehead atoms. The first-order chi connectivity index (χ1) is 9.65. The van der Waals surface area contributed by atoms with E-state index >= 15 is 0 Å². The van der Waals surface area contributed by atoms with Crippen LogP contribution in [0.25, 0.3) is 0 Å². The molecule has 0 aromatic carbocycles. The molecule has 104 valence electrons. The predicted molar refractivity (Wildman–Crippen MR) is 77.1 cm³/mol. The molecule has 2 atom stereocenters. The number of rotatable bonds is 4. The third-order valence-electron chi connectivity index (χ3n) is 3.58. The molecular weight excluding hydrogens is 274 g/mol. The smallest absolute Gasteiger partial charge is 0.221 e. The van der Waals surface area contributed by atoms with Crippen LogP contribution in [0.1, 0.15) is 29.4 Å². The number of nitrogens with zero attached hydrogens (tertiary/aromatic N) is 3. The van der Waals surface area contributed by atoms with E-state index in [1.54, 1.807) is 0 Å². The summed E-state index contributed by atoms with van der Waals surface area (Å²) in [7, 11) is 0. The SMILES string of the molecule is Cc1nc(Cl)c(C)c(OC[C@H]2C[C@@H]2c2ccccn2)n1. The van der Waals surface area contributed by atoms with Crippen LogP contribution in [0.15, 0.2) is 24.4 Å². The molecule has 2 heterocycles. The van der Waals surface area contributed by atoms with Crippen LogP contribution in [0.4, 0.5) is 0 Å². The Kier molecular flexibility index (Phi) is 3.57. The summed E-state index contributed by atoms with van der Waals surface area (Å²) >= 11 is 6.03. The fourth-order valence-electron chi connectivity index (χ4n) is 2.29. The van der Waals surface area contributed by atoms with Gasteiger partial charge in [-0.25, -0.2) is 4.98 Å². The normalized spacial score (nSPS) is 20.8. The van der Waals surface area contributed by atoms with Gasteiger partial charge in [-0.15, -0.1) is 0 Å². The van der Waals surface area contributed by atoms with E-state index in [9.17, 15) is 0 Å². The number of hydrogen-bond acceptors (Lipinski definition) is 4. The van der Waals surface area contributed by atoms with Crippen LogP contribution in [0.5, 0.6) is 5.88 Å². The maximum absolute atomic E-state index is 6.03. The first-order valence-electron chi connectivity index (χ1n) is 6.69. The Balaban J connectivity index is 1.62. The highest BCUT2D eigenvalue weighted by atomic mass is 35.5. The molecule has 0 saturated heterocycles. The Bertz CT molecular complexity index is 618. The maximum atomic E-state index is 6.03. The average molecular weight is 290 g/mol. The van der Waals surface area contributed by atoms with E-state index in [2.05, 4.69) is 21.0 Å². The van der Waals surface area contributed by atoms with Crippen molar-refractivity contribution in [2.24, 2.45) is 5.92 Å². The predicted octanol–water partition coefficient (Wildman–Crippen LogP) is 3.32. The van der Waals surface area contributed by atoms with Crippen LogP contribution >= 0.6 is 11.6 Å². The zero-order chi connectivity index (χ0) is 14.1. The molecule has 0 aliphatic heterocycles. The number of aromatic nitrogens is 3. The van der Waals surface area contributed by atoms with Gasteiger partial charge in [-0.05, 0) is 32.4 Å². The molecule has 20 heavy (non-hydrogen) atoms. The molecule has 2 aromatic rings. The van der Waals surface area contributed by atoms with Crippen molar-refractivity contribution in [3.8, 4) is 5.88 Å². The summed E-state index contributed by atoms with van der Waals surface area (Å²) in [5, 5.41) is 0.463. The van der Waals surface area contributed by atoms with Gasteiger partial charge in [-0.2, -0.15) is 4.98 Å². The number of halogens is 1. The zero-order valence-corrected chi connectivity index (χ0v) is 12.3. The van der Waals surface area contributed by atoms with E-state index in [1.807, 2.05) is 32.2 Å². The first kappa shape index (κ1) is 13.3. The summed E-state index contributed by atoms with van der Waals surface area (Å²) in [5.41, 5.74) is 1.95. The van der Waals surface area contributed by atoms with Gasteiger partial charge in [0.15, 0.2) is 0 Å². The zero-order valence-electron chi connectivity index (χ0n) is 11.5. The van der Waals surface area contributed by atoms with Crippen LogP contribution in [0.3, 0.4) is 0 Å². The van der Waals surface area contributed by atoms with Crippen LogP contribution < -0.4 is 4.74 Å². The maximum Gasteiger partial charge on any atom is 0.221 e. The van der Waals surface area contributed by atoms with E-state index in [-0.39, 0.29) is 0 Å². The Labute approximate surface area is 123 Å². The molecule has 1 aliphatic carbocycles. The molecule has 4 nitrogen and oxygen atoms in total. The van der Waals surface area contributed by atoms with Gasteiger partial charge in [0.1, 0.15) is 11.0 Å². The van der Waals surface area contributed by atoms with Crippen LogP contribution in [0.2, 0.25) is 5.15 Å². The number of hydrogen-bond donors (Lipinski definition) is 0. The van der Waals surface area contributed by atoms with Crippen molar-refractivity contribution in [2.45, 2.75) is 26.2 Å². The summed E-state index contributed by atoms with van der Waals surface area (Å²) in [6.07, 6.45) is 2.96. The number of ether oxygens (including phenoxy) is 1. The Hall–Kier alpha value is -1.68. The third kappa shape index (κ3) is 2.75. The van der Waals surface area contributed by atoms with Crippen molar-refractivity contribution in [1.82, 2.24) is 15.0 Å². The largest absolute Gasteiger partial charge is 0.477 e. The monoisotopic (exact) mass is 289 g/mol. The molecule has 2 aromatic heterocycles. The van der Waals surface area contributed by atoms with Crippen molar-refractivity contribution >= 4 is 11.6 Å². The van der Waals surface area contributed by atoms with Gasteiger partial charge < -0.3 is 4.74 Å². The minimum absolute atomic E-state index is 0.463. The molecule has 5 heteroatoms. The number of aryl methyl sites for hydroxylation is 1. The molecule has 0 radical (unpaired) electrons. The molecule has 1 saturated carbocycles. The first-order valence-corrected chi connectivity index (χ1v) is 7.07. The Morgan fingerprint density at radius 2 is 2.15 bits per heavy atom. The highest BCUT2D eigenvalue weighted by molar-refractivity contribution is 6.30. The molecule has 0 spiro atoms. The van der Waals surface area contributed by atoms with Crippen molar-refractivity contribution in [3.05, 3.63) is 46.6 Å². The molecule has 0 N–H and O–H groups in total. The van der Waals surface area contributed by atoms with Gasteiger partial charge >= 0.3 is 0 Å². The van der Waals surface area contributed by atoms with Gasteiger partial charge in [0.25, 0.3) is 0 Å². The van der Waals surface area contributed by atoms with E-state index in [1.165, 1.54) is 0 Å². The molecule has 1 fully saturated rings. The van der Waals surface area contributed by atoms with E-state index in [4.69, 9.17) is 16.3 Å². The van der Waals surface area contributed by atoms with Crippen LogP contribution in [-0.2, 0) is 0 Å². The summed E-state index contributed by atoms with van der Waals surface area (Å²) in [6, 6.07) is 6.03. The van der Waals surface area contributed by atoms with Gasteiger partial charge in [0.05, 0.1) is 6.61 Å². The quantitative estimate of drug-likeness (QED) is 0.810. The van der Waals surface area contributed by atoms with E-state index in [0.29, 0.717) is 35.3 Å².